The van der Waals surface area contributed by atoms with E-state index in [4.69, 9.17) is 5.73 Å². The molecule has 1 unspecified atom stereocenters. The van der Waals surface area contributed by atoms with Gasteiger partial charge in [0.2, 0.25) is 0 Å². The molecule has 112 valence electrons. The molecule has 1 aliphatic heterocycles. The summed E-state index contributed by atoms with van der Waals surface area (Å²) < 4.78 is 39.3. The summed E-state index contributed by atoms with van der Waals surface area (Å²) >= 11 is 0. The highest BCUT2D eigenvalue weighted by Gasteiger charge is 2.34. The highest BCUT2D eigenvalue weighted by atomic mass is 19.4. The minimum Gasteiger partial charge on any atom is -0.399 e. The maximum absolute atomic E-state index is 13.1. The van der Waals surface area contributed by atoms with Gasteiger partial charge in [0.25, 0.3) is 0 Å². The molecule has 0 spiro atoms. The predicted molar refractivity (Wildman–Crippen MR) is 74.2 cm³/mol. The van der Waals surface area contributed by atoms with Gasteiger partial charge in [-0.15, -0.1) is 0 Å². The van der Waals surface area contributed by atoms with Crippen LogP contribution in [0, 0.1) is 0 Å². The summed E-state index contributed by atoms with van der Waals surface area (Å²) in [5, 5.41) is 0. The Morgan fingerprint density at radius 1 is 1.25 bits per heavy atom. The number of anilines is 1. The third kappa shape index (κ3) is 3.66. The molecule has 1 aromatic rings. The largest absolute Gasteiger partial charge is 0.416 e. The van der Waals surface area contributed by atoms with E-state index in [9.17, 15) is 13.2 Å². The van der Waals surface area contributed by atoms with Crippen LogP contribution in [0.5, 0.6) is 0 Å². The molecule has 1 aliphatic rings. The van der Waals surface area contributed by atoms with Gasteiger partial charge >= 0.3 is 6.18 Å². The number of halogens is 3. The maximum atomic E-state index is 13.1. The van der Waals surface area contributed by atoms with Crippen LogP contribution in [0.3, 0.4) is 0 Å². The molecule has 1 atom stereocenters. The van der Waals surface area contributed by atoms with Gasteiger partial charge in [-0.1, -0.05) is 18.9 Å². The van der Waals surface area contributed by atoms with Crippen LogP contribution >= 0.6 is 0 Å². The Morgan fingerprint density at radius 3 is 2.70 bits per heavy atom. The van der Waals surface area contributed by atoms with Crippen LogP contribution in [0.4, 0.5) is 18.9 Å². The first kappa shape index (κ1) is 15.2. The van der Waals surface area contributed by atoms with Crippen molar-refractivity contribution in [2.24, 2.45) is 0 Å². The Labute approximate surface area is 117 Å². The summed E-state index contributed by atoms with van der Waals surface area (Å²) in [5.41, 5.74) is 5.37. The molecule has 0 bridgehead atoms. The zero-order valence-corrected chi connectivity index (χ0v) is 11.7. The zero-order chi connectivity index (χ0) is 14.8. The molecule has 0 aromatic heterocycles. The SMILES string of the molecule is CC1CCCCCN1Cc1ccc(N)cc1C(F)(F)F. The summed E-state index contributed by atoms with van der Waals surface area (Å²) in [5.74, 6) is 0. The van der Waals surface area contributed by atoms with Gasteiger partial charge in [-0.2, -0.15) is 13.2 Å². The molecule has 2 rings (SSSR count). The summed E-state index contributed by atoms with van der Waals surface area (Å²) in [6, 6.07) is 4.43. The molecular weight excluding hydrogens is 265 g/mol. The molecule has 0 amide bonds. The van der Waals surface area contributed by atoms with Crippen LogP contribution in [0.2, 0.25) is 0 Å². The van der Waals surface area contributed by atoms with Crippen LogP contribution in [0.15, 0.2) is 18.2 Å². The second-order valence-electron chi connectivity index (χ2n) is 5.58. The monoisotopic (exact) mass is 286 g/mol. The minimum atomic E-state index is -4.35. The van der Waals surface area contributed by atoms with Crippen LogP contribution in [-0.4, -0.2) is 17.5 Å². The van der Waals surface area contributed by atoms with E-state index in [-0.39, 0.29) is 5.69 Å². The maximum Gasteiger partial charge on any atom is 0.416 e. The molecule has 1 aromatic carbocycles. The Morgan fingerprint density at radius 2 is 2.00 bits per heavy atom. The predicted octanol–water partition coefficient (Wildman–Crippen LogP) is 4.05. The molecule has 0 radical (unpaired) electrons. The molecule has 0 saturated carbocycles. The number of rotatable bonds is 2. The Bertz CT molecular complexity index is 457. The molecular formula is C15H21F3N2. The number of hydrogen-bond donors (Lipinski definition) is 1. The van der Waals surface area contributed by atoms with Crippen LogP contribution in [-0.2, 0) is 12.7 Å². The number of nitrogen functional groups attached to an aromatic ring is 1. The average Bonchev–Trinajstić information content (AvgIpc) is 2.56. The highest BCUT2D eigenvalue weighted by Crippen LogP contribution is 2.34. The smallest absolute Gasteiger partial charge is 0.399 e. The lowest BCUT2D eigenvalue weighted by atomic mass is 10.0. The summed E-state index contributed by atoms with van der Waals surface area (Å²) in [6.07, 6.45) is 0.0804. The second kappa shape index (κ2) is 6.04. The fourth-order valence-corrected chi connectivity index (χ4v) is 2.78. The molecule has 1 fully saturated rings. The van der Waals surface area contributed by atoms with Crippen molar-refractivity contribution in [3.05, 3.63) is 29.3 Å². The quantitative estimate of drug-likeness (QED) is 0.831. The van der Waals surface area contributed by atoms with Crippen molar-refractivity contribution in [3.63, 3.8) is 0 Å². The number of alkyl halides is 3. The van der Waals surface area contributed by atoms with Gasteiger partial charge in [0.15, 0.2) is 0 Å². The van der Waals surface area contributed by atoms with Gasteiger partial charge in [0.1, 0.15) is 0 Å². The number of nitrogens with zero attached hydrogens (tertiary/aromatic N) is 1. The fourth-order valence-electron chi connectivity index (χ4n) is 2.78. The molecule has 2 N–H and O–H groups in total. The first-order valence-corrected chi connectivity index (χ1v) is 7.07. The van der Waals surface area contributed by atoms with Crippen molar-refractivity contribution >= 4 is 5.69 Å². The Hall–Kier alpha value is -1.23. The molecule has 1 saturated heterocycles. The summed E-state index contributed by atoms with van der Waals surface area (Å²) in [4.78, 5) is 2.15. The zero-order valence-electron chi connectivity index (χ0n) is 11.7. The lowest BCUT2D eigenvalue weighted by Crippen LogP contribution is -2.32. The first-order chi connectivity index (χ1) is 9.38. The Balaban J connectivity index is 2.24. The lowest BCUT2D eigenvalue weighted by molar-refractivity contribution is -0.138. The highest BCUT2D eigenvalue weighted by molar-refractivity contribution is 5.46. The molecule has 2 nitrogen and oxygen atoms in total. The molecule has 5 heteroatoms. The van der Waals surface area contributed by atoms with E-state index in [2.05, 4.69) is 11.8 Å². The summed E-state index contributed by atoms with van der Waals surface area (Å²) in [7, 11) is 0. The third-order valence-electron chi connectivity index (χ3n) is 4.00. The normalized spacial score (nSPS) is 21.7. The van der Waals surface area contributed by atoms with E-state index < -0.39 is 11.7 Å². The van der Waals surface area contributed by atoms with Gasteiger partial charge in [0.05, 0.1) is 5.56 Å². The van der Waals surface area contributed by atoms with Crippen molar-refractivity contribution in [1.82, 2.24) is 4.90 Å². The van der Waals surface area contributed by atoms with Crippen molar-refractivity contribution in [2.45, 2.75) is 51.4 Å². The van der Waals surface area contributed by atoms with E-state index in [0.29, 0.717) is 18.2 Å². The number of hydrogen-bond acceptors (Lipinski definition) is 2. The van der Waals surface area contributed by atoms with E-state index in [1.807, 2.05) is 0 Å². The molecule has 20 heavy (non-hydrogen) atoms. The molecule has 1 heterocycles. The van der Waals surface area contributed by atoms with E-state index >= 15 is 0 Å². The first-order valence-electron chi connectivity index (χ1n) is 7.07. The lowest BCUT2D eigenvalue weighted by Gasteiger charge is -2.28. The summed E-state index contributed by atoms with van der Waals surface area (Å²) in [6.45, 7) is 3.30. The topological polar surface area (TPSA) is 29.3 Å². The van der Waals surface area contributed by atoms with Crippen molar-refractivity contribution in [1.29, 1.82) is 0 Å². The van der Waals surface area contributed by atoms with Crippen LogP contribution in [0.1, 0.15) is 43.7 Å². The van der Waals surface area contributed by atoms with Gasteiger partial charge < -0.3 is 5.73 Å². The van der Waals surface area contributed by atoms with Crippen LogP contribution in [0.25, 0.3) is 0 Å². The molecule has 0 aliphatic carbocycles. The number of nitrogens with two attached hydrogens (primary N) is 1. The Kier molecular flexibility index (Phi) is 4.58. The van der Waals surface area contributed by atoms with Gasteiger partial charge in [-0.25, -0.2) is 0 Å². The van der Waals surface area contributed by atoms with Crippen molar-refractivity contribution in [2.75, 3.05) is 12.3 Å². The third-order valence-corrected chi connectivity index (χ3v) is 4.00. The van der Waals surface area contributed by atoms with Gasteiger partial charge in [-0.05, 0) is 44.0 Å². The minimum absolute atomic E-state index is 0.157. The number of benzene rings is 1. The second-order valence-corrected chi connectivity index (χ2v) is 5.58. The number of likely N-dealkylation sites (tertiary alicyclic amines) is 1. The van der Waals surface area contributed by atoms with E-state index in [0.717, 1.165) is 38.3 Å². The van der Waals surface area contributed by atoms with E-state index in [1.165, 1.54) is 6.07 Å². The van der Waals surface area contributed by atoms with E-state index in [1.54, 1.807) is 6.07 Å². The fraction of sp³-hybridized carbons (Fsp3) is 0.600. The van der Waals surface area contributed by atoms with Crippen molar-refractivity contribution in [3.8, 4) is 0 Å². The van der Waals surface area contributed by atoms with Gasteiger partial charge in [-0.3, -0.25) is 4.90 Å². The standard InChI is InChI=1S/C15H21F3N2/c1-11-5-3-2-4-8-20(11)10-12-6-7-13(19)9-14(12)15(16,17)18/h6-7,9,11H,2-5,8,10,19H2,1H3. The average molecular weight is 286 g/mol. The van der Waals surface area contributed by atoms with Gasteiger partial charge in [0, 0.05) is 18.3 Å². The van der Waals surface area contributed by atoms with Crippen molar-refractivity contribution < 1.29 is 13.2 Å². The van der Waals surface area contributed by atoms with Crippen LogP contribution < -0.4 is 5.73 Å².